The molecule has 202 valence electrons. The van der Waals surface area contributed by atoms with Crippen LogP contribution >= 0.6 is 0 Å². The number of para-hydroxylation sites is 1. The lowest BCUT2D eigenvalue weighted by atomic mass is 9.70. The SMILES string of the molecule is C#CCOc1ccc(C2(c3ccc(OCC#C)c(OCC#C)c3)C(=O)N(CC=C)c3ccccc32)cc1OCC#C. The van der Waals surface area contributed by atoms with Crippen molar-refractivity contribution < 1.29 is 23.7 Å². The summed E-state index contributed by atoms with van der Waals surface area (Å²) in [5, 5.41) is 0. The molecule has 3 aromatic rings. The Balaban J connectivity index is 2.03. The molecule has 0 spiro atoms. The molecule has 1 amide bonds. The second kappa shape index (κ2) is 12.9. The van der Waals surface area contributed by atoms with Crippen LogP contribution in [0.1, 0.15) is 16.7 Å². The second-order valence-corrected chi connectivity index (χ2v) is 8.77. The predicted octanol–water partition coefficient (Wildman–Crippen LogP) is 4.60. The molecule has 6 nitrogen and oxygen atoms in total. The van der Waals surface area contributed by atoms with E-state index in [9.17, 15) is 4.79 Å². The molecule has 0 radical (unpaired) electrons. The summed E-state index contributed by atoms with van der Waals surface area (Å²) in [5.41, 5.74) is 1.41. The zero-order valence-electron chi connectivity index (χ0n) is 22.4. The molecule has 3 aromatic carbocycles. The summed E-state index contributed by atoms with van der Waals surface area (Å²) in [6.45, 7) is 4.19. The smallest absolute Gasteiger partial charge is 0.247 e. The summed E-state index contributed by atoms with van der Waals surface area (Å²) < 4.78 is 23.1. The molecule has 0 bridgehead atoms. The van der Waals surface area contributed by atoms with Gasteiger partial charge in [-0.1, -0.05) is 60.1 Å². The zero-order valence-corrected chi connectivity index (χ0v) is 22.4. The Hall–Kier alpha value is -5.69. The lowest BCUT2D eigenvalue weighted by Crippen LogP contribution is -2.42. The largest absolute Gasteiger partial charge is 0.477 e. The van der Waals surface area contributed by atoms with Crippen molar-refractivity contribution in [2.75, 3.05) is 37.9 Å². The highest BCUT2D eigenvalue weighted by Gasteiger charge is 2.53. The van der Waals surface area contributed by atoms with Crippen molar-refractivity contribution in [1.82, 2.24) is 0 Å². The van der Waals surface area contributed by atoms with E-state index in [1.54, 1.807) is 35.2 Å². The minimum absolute atomic E-state index is 0.0126. The molecule has 0 saturated heterocycles. The standard InChI is InChI=1S/C35H27NO5/c1-6-19-36-29-14-12-11-13-28(29)35(34(36)37,26-15-17-30(38-20-7-2)32(24-26)40-22-9-4)27-16-18-31(39-21-8-3)33(25-27)41-23-10-5/h2-6,11-18,24-25H,1,19-23H2. The van der Waals surface area contributed by atoms with E-state index in [1.165, 1.54) is 0 Å². The van der Waals surface area contributed by atoms with Crippen LogP contribution in [0.5, 0.6) is 23.0 Å². The number of nitrogens with zero attached hydrogens (tertiary/aromatic N) is 1. The summed E-state index contributed by atoms with van der Waals surface area (Å²) in [6.07, 6.45) is 23.4. The second-order valence-electron chi connectivity index (χ2n) is 8.77. The third-order valence-electron chi connectivity index (χ3n) is 6.47. The van der Waals surface area contributed by atoms with Crippen molar-refractivity contribution in [3.63, 3.8) is 0 Å². The van der Waals surface area contributed by atoms with Gasteiger partial charge >= 0.3 is 0 Å². The topological polar surface area (TPSA) is 57.2 Å². The summed E-state index contributed by atoms with van der Waals surface area (Å²) >= 11 is 0. The zero-order chi connectivity index (χ0) is 29.2. The fraction of sp³-hybridized carbons (Fsp3) is 0.171. The number of fused-ring (bicyclic) bond motifs is 1. The maximum atomic E-state index is 14.7. The van der Waals surface area contributed by atoms with E-state index >= 15 is 0 Å². The van der Waals surface area contributed by atoms with Gasteiger partial charge in [0.2, 0.25) is 5.91 Å². The van der Waals surface area contributed by atoms with Gasteiger partial charge < -0.3 is 23.8 Å². The third-order valence-corrected chi connectivity index (χ3v) is 6.47. The van der Waals surface area contributed by atoms with Gasteiger partial charge in [0.05, 0.1) is 0 Å². The van der Waals surface area contributed by atoms with E-state index in [2.05, 4.69) is 30.3 Å². The predicted molar refractivity (Wildman–Crippen MR) is 159 cm³/mol. The third kappa shape index (κ3) is 5.29. The van der Waals surface area contributed by atoms with Crippen LogP contribution in [-0.2, 0) is 10.2 Å². The Bertz CT molecular complexity index is 1540. The number of anilines is 1. The molecule has 1 heterocycles. The van der Waals surface area contributed by atoms with Gasteiger partial charge in [-0.2, -0.15) is 0 Å². The van der Waals surface area contributed by atoms with Crippen molar-refractivity contribution in [1.29, 1.82) is 0 Å². The van der Waals surface area contributed by atoms with Gasteiger partial charge in [0.15, 0.2) is 23.0 Å². The van der Waals surface area contributed by atoms with Gasteiger partial charge in [0, 0.05) is 17.8 Å². The summed E-state index contributed by atoms with van der Waals surface area (Å²) in [6, 6.07) is 18.1. The van der Waals surface area contributed by atoms with Crippen LogP contribution in [0, 0.1) is 49.4 Å². The Morgan fingerprint density at radius 1 is 0.707 bits per heavy atom. The Kier molecular flexibility index (Phi) is 8.92. The number of terminal acetylenes is 4. The lowest BCUT2D eigenvalue weighted by molar-refractivity contribution is -0.120. The van der Waals surface area contributed by atoms with Crippen LogP contribution in [-0.4, -0.2) is 38.9 Å². The van der Waals surface area contributed by atoms with Crippen LogP contribution in [0.2, 0.25) is 0 Å². The van der Waals surface area contributed by atoms with E-state index < -0.39 is 5.41 Å². The molecular weight excluding hydrogens is 514 g/mol. The van der Waals surface area contributed by atoms with Gasteiger partial charge in [-0.3, -0.25) is 4.79 Å². The highest BCUT2D eigenvalue weighted by molar-refractivity contribution is 6.13. The first kappa shape index (κ1) is 28.3. The van der Waals surface area contributed by atoms with E-state index in [0.717, 1.165) is 11.3 Å². The first-order valence-corrected chi connectivity index (χ1v) is 12.6. The lowest BCUT2D eigenvalue weighted by Gasteiger charge is -2.31. The normalized spacial score (nSPS) is 12.6. The minimum Gasteiger partial charge on any atom is -0.477 e. The molecule has 1 aliphatic rings. The molecule has 1 aliphatic heterocycles. The van der Waals surface area contributed by atoms with Gasteiger partial charge in [-0.25, -0.2) is 0 Å². The van der Waals surface area contributed by atoms with Gasteiger partial charge in [-0.15, -0.1) is 32.3 Å². The van der Waals surface area contributed by atoms with E-state index in [0.29, 0.717) is 40.7 Å². The molecule has 0 atom stereocenters. The maximum absolute atomic E-state index is 14.7. The Morgan fingerprint density at radius 2 is 1.17 bits per heavy atom. The first-order chi connectivity index (χ1) is 20.1. The number of carbonyl (C=O) groups excluding carboxylic acids is 1. The fourth-order valence-corrected chi connectivity index (χ4v) is 4.91. The number of rotatable bonds is 12. The highest BCUT2D eigenvalue weighted by Crippen LogP contribution is 2.52. The van der Waals surface area contributed by atoms with Gasteiger partial charge in [0.1, 0.15) is 31.8 Å². The monoisotopic (exact) mass is 541 g/mol. The number of benzene rings is 3. The quantitative estimate of drug-likeness (QED) is 0.248. The summed E-state index contributed by atoms with van der Waals surface area (Å²) in [4.78, 5) is 16.3. The molecule has 0 fully saturated rings. The molecule has 0 aliphatic carbocycles. The first-order valence-electron chi connectivity index (χ1n) is 12.6. The van der Waals surface area contributed by atoms with Crippen molar-refractivity contribution >= 4 is 11.6 Å². The molecule has 0 aromatic heterocycles. The Morgan fingerprint density at radius 3 is 1.63 bits per heavy atom. The maximum Gasteiger partial charge on any atom is 0.247 e. The van der Waals surface area contributed by atoms with E-state index in [1.807, 2.05) is 36.4 Å². The number of hydrogen-bond acceptors (Lipinski definition) is 5. The summed E-state index contributed by atoms with van der Waals surface area (Å²) in [5.74, 6) is 11.1. The fourth-order valence-electron chi connectivity index (χ4n) is 4.91. The van der Waals surface area contributed by atoms with Crippen LogP contribution < -0.4 is 23.8 Å². The molecule has 0 unspecified atom stereocenters. The van der Waals surface area contributed by atoms with Crippen molar-refractivity contribution in [2.45, 2.75) is 5.41 Å². The molecule has 0 N–H and O–H groups in total. The molecule has 41 heavy (non-hydrogen) atoms. The number of hydrogen-bond donors (Lipinski definition) is 0. The van der Waals surface area contributed by atoms with E-state index in [-0.39, 0.29) is 32.3 Å². The molecule has 4 rings (SSSR count). The number of carbonyl (C=O) groups is 1. The number of amides is 1. The Labute approximate surface area is 240 Å². The number of ether oxygens (including phenoxy) is 4. The average Bonchev–Trinajstić information content (AvgIpc) is 3.25. The average molecular weight is 542 g/mol. The molecule has 0 saturated carbocycles. The van der Waals surface area contributed by atoms with Gasteiger partial charge in [0.25, 0.3) is 0 Å². The van der Waals surface area contributed by atoms with Crippen molar-refractivity contribution in [2.24, 2.45) is 0 Å². The summed E-state index contributed by atoms with van der Waals surface area (Å²) in [7, 11) is 0. The van der Waals surface area contributed by atoms with Crippen LogP contribution in [0.25, 0.3) is 0 Å². The highest BCUT2D eigenvalue weighted by atomic mass is 16.5. The minimum atomic E-state index is -1.32. The van der Waals surface area contributed by atoms with Crippen LogP contribution in [0.15, 0.2) is 73.3 Å². The van der Waals surface area contributed by atoms with Crippen LogP contribution in [0.3, 0.4) is 0 Å². The molecular formula is C35H27NO5. The van der Waals surface area contributed by atoms with Crippen molar-refractivity contribution in [3.8, 4) is 72.4 Å². The molecule has 6 heteroatoms. The van der Waals surface area contributed by atoms with E-state index in [4.69, 9.17) is 44.6 Å². The van der Waals surface area contributed by atoms with Gasteiger partial charge in [-0.05, 0) is 41.5 Å². The van der Waals surface area contributed by atoms with Crippen LogP contribution in [0.4, 0.5) is 5.69 Å². The van der Waals surface area contributed by atoms with Crippen molar-refractivity contribution in [3.05, 3.63) is 90.0 Å².